The largest absolute Gasteiger partial charge is 0.383 e. The van der Waals surface area contributed by atoms with Crippen molar-refractivity contribution in [2.75, 3.05) is 40.4 Å². The van der Waals surface area contributed by atoms with Gasteiger partial charge in [0.15, 0.2) is 0 Å². The zero-order valence-corrected chi connectivity index (χ0v) is 11.9. The van der Waals surface area contributed by atoms with Gasteiger partial charge in [0.25, 0.3) is 0 Å². The molecule has 98 valence electrons. The van der Waals surface area contributed by atoms with Crippen LogP contribution in [-0.4, -0.2) is 45.3 Å². The molecule has 0 aliphatic rings. The fourth-order valence-electron chi connectivity index (χ4n) is 1.69. The van der Waals surface area contributed by atoms with E-state index in [-0.39, 0.29) is 0 Å². The normalized spacial score (nSPS) is 13.2. The molecule has 1 unspecified atom stereocenters. The molecule has 1 N–H and O–H groups in total. The van der Waals surface area contributed by atoms with E-state index in [1.807, 2.05) is 11.3 Å². The summed E-state index contributed by atoms with van der Waals surface area (Å²) in [6, 6.07) is 4.85. The second-order valence-corrected chi connectivity index (χ2v) is 5.25. The number of nitrogens with zero attached hydrogens (tertiary/aromatic N) is 1. The topological polar surface area (TPSA) is 24.5 Å². The van der Waals surface area contributed by atoms with Gasteiger partial charge in [-0.25, -0.2) is 0 Å². The van der Waals surface area contributed by atoms with Crippen LogP contribution in [0.4, 0.5) is 0 Å². The first-order valence-electron chi connectivity index (χ1n) is 6.19. The molecule has 1 aromatic rings. The third kappa shape index (κ3) is 5.64. The predicted molar refractivity (Wildman–Crippen MR) is 74.7 cm³/mol. The third-order valence-corrected chi connectivity index (χ3v) is 4.01. The highest BCUT2D eigenvalue weighted by molar-refractivity contribution is 7.10. The molecule has 0 aromatic carbocycles. The lowest BCUT2D eigenvalue weighted by Gasteiger charge is -2.23. The highest BCUT2D eigenvalue weighted by Gasteiger charge is 2.11. The molecule has 0 saturated carbocycles. The summed E-state index contributed by atoms with van der Waals surface area (Å²) >= 11 is 1.84. The van der Waals surface area contributed by atoms with Gasteiger partial charge in [-0.15, -0.1) is 11.3 Å². The van der Waals surface area contributed by atoms with Gasteiger partial charge in [0, 0.05) is 24.6 Å². The summed E-state index contributed by atoms with van der Waals surface area (Å²) in [7, 11) is 3.93. The van der Waals surface area contributed by atoms with Crippen LogP contribution in [0.1, 0.15) is 24.3 Å². The van der Waals surface area contributed by atoms with Crippen molar-refractivity contribution in [1.29, 1.82) is 0 Å². The van der Waals surface area contributed by atoms with Crippen LogP contribution in [0.3, 0.4) is 0 Å². The molecule has 4 heteroatoms. The molecule has 0 aliphatic heterocycles. The van der Waals surface area contributed by atoms with E-state index in [1.54, 1.807) is 7.11 Å². The molecule has 1 rings (SSSR count). The second-order valence-electron chi connectivity index (χ2n) is 4.27. The van der Waals surface area contributed by atoms with Crippen LogP contribution in [0.5, 0.6) is 0 Å². The molecule has 0 radical (unpaired) electrons. The second kappa shape index (κ2) is 8.64. The molecule has 1 heterocycles. The predicted octanol–water partition coefficient (Wildman–Crippen LogP) is 2.37. The minimum atomic E-state index is 0.522. The SMILES string of the molecule is COCCNCCCN(C)C(C)c1cccs1. The number of thiophene rings is 1. The van der Waals surface area contributed by atoms with Gasteiger partial charge in [0.1, 0.15) is 0 Å². The fraction of sp³-hybridized carbons (Fsp3) is 0.692. The minimum Gasteiger partial charge on any atom is -0.383 e. The van der Waals surface area contributed by atoms with Gasteiger partial charge in [0.2, 0.25) is 0 Å². The minimum absolute atomic E-state index is 0.522. The summed E-state index contributed by atoms with van der Waals surface area (Å²) < 4.78 is 4.99. The van der Waals surface area contributed by atoms with Crippen molar-refractivity contribution < 1.29 is 4.74 Å². The van der Waals surface area contributed by atoms with Crippen molar-refractivity contribution >= 4 is 11.3 Å². The van der Waals surface area contributed by atoms with Crippen LogP contribution in [0.25, 0.3) is 0 Å². The average Bonchev–Trinajstić information content (AvgIpc) is 2.86. The molecule has 0 bridgehead atoms. The van der Waals surface area contributed by atoms with Gasteiger partial charge in [0.05, 0.1) is 6.61 Å². The Morgan fingerprint density at radius 3 is 2.94 bits per heavy atom. The fourth-order valence-corrected chi connectivity index (χ4v) is 2.54. The van der Waals surface area contributed by atoms with E-state index in [4.69, 9.17) is 4.74 Å². The Bertz CT molecular complexity index is 277. The van der Waals surface area contributed by atoms with Crippen LogP contribution >= 0.6 is 11.3 Å². The smallest absolute Gasteiger partial charge is 0.0587 e. The number of nitrogens with one attached hydrogen (secondary N) is 1. The maximum absolute atomic E-state index is 4.99. The quantitative estimate of drug-likeness (QED) is 0.687. The van der Waals surface area contributed by atoms with Crippen molar-refractivity contribution in [1.82, 2.24) is 10.2 Å². The molecule has 0 saturated heterocycles. The van der Waals surface area contributed by atoms with Crippen molar-refractivity contribution in [3.05, 3.63) is 22.4 Å². The molecular weight excluding hydrogens is 232 g/mol. The zero-order chi connectivity index (χ0) is 12.5. The Morgan fingerprint density at radius 2 is 2.29 bits per heavy atom. The van der Waals surface area contributed by atoms with Crippen LogP contribution in [0.2, 0.25) is 0 Å². The van der Waals surface area contributed by atoms with E-state index in [9.17, 15) is 0 Å². The molecular formula is C13H24N2OS. The van der Waals surface area contributed by atoms with E-state index in [0.29, 0.717) is 6.04 Å². The molecule has 3 nitrogen and oxygen atoms in total. The zero-order valence-electron chi connectivity index (χ0n) is 11.1. The molecule has 0 aliphatic carbocycles. The summed E-state index contributed by atoms with van der Waals surface area (Å²) in [5, 5.41) is 5.51. The number of rotatable bonds is 9. The van der Waals surface area contributed by atoms with Gasteiger partial charge >= 0.3 is 0 Å². The Hall–Kier alpha value is -0.420. The maximum Gasteiger partial charge on any atom is 0.0587 e. The van der Waals surface area contributed by atoms with Crippen molar-refractivity contribution in [3.8, 4) is 0 Å². The lowest BCUT2D eigenvalue weighted by Crippen LogP contribution is -2.27. The van der Waals surface area contributed by atoms with Gasteiger partial charge < -0.3 is 10.1 Å². The number of hydrogen-bond acceptors (Lipinski definition) is 4. The molecule has 0 fully saturated rings. The number of methoxy groups -OCH3 is 1. The molecule has 0 spiro atoms. The van der Waals surface area contributed by atoms with E-state index in [2.05, 4.69) is 41.7 Å². The maximum atomic E-state index is 4.99. The van der Waals surface area contributed by atoms with Crippen LogP contribution in [0, 0.1) is 0 Å². The van der Waals surface area contributed by atoms with Crippen molar-refractivity contribution in [3.63, 3.8) is 0 Å². The molecule has 17 heavy (non-hydrogen) atoms. The number of hydrogen-bond donors (Lipinski definition) is 1. The highest BCUT2D eigenvalue weighted by Crippen LogP contribution is 2.23. The molecule has 0 amide bonds. The Labute approximate surface area is 109 Å². The van der Waals surface area contributed by atoms with E-state index in [0.717, 1.165) is 26.2 Å². The third-order valence-electron chi connectivity index (χ3n) is 2.96. The highest BCUT2D eigenvalue weighted by atomic mass is 32.1. The first-order chi connectivity index (χ1) is 8.25. The monoisotopic (exact) mass is 256 g/mol. The van der Waals surface area contributed by atoms with E-state index in [1.165, 1.54) is 11.3 Å². The van der Waals surface area contributed by atoms with Crippen LogP contribution in [-0.2, 0) is 4.74 Å². The lowest BCUT2D eigenvalue weighted by atomic mass is 10.2. The Balaban J connectivity index is 2.10. The van der Waals surface area contributed by atoms with Gasteiger partial charge in [-0.05, 0) is 44.9 Å². The van der Waals surface area contributed by atoms with Crippen molar-refractivity contribution in [2.45, 2.75) is 19.4 Å². The summed E-state index contributed by atoms with van der Waals surface area (Å²) in [5.41, 5.74) is 0. The summed E-state index contributed by atoms with van der Waals surface area (Å²) in [4.78, 5) is 3.85. The van der Waals surface area contributed by atoms with Crippen LogP contribution < -0.4 is 5.32 Å². The summed E-state index contributed by atoms with van der Waals surface area (Å²) in [6.07, 6.45) is 1.18. The summed E-state index contributed by atoms with van der Waals surface area (Å²) in [5.74, 6) is 0. The summed E-state index contributed by atoms with van der Waals surface area (Å²) in [6.45, 7) is 6.19. The molecule has 1 atom stereocenters. The first-order valence-corrected chi connectivity index (χ1v) is 7.07. The van der Waals surface area contributed by atoms with E-state index >= 15 is 0 Å². The number of ether oxygens (including phenoxy) is 1. The lowest BCUT2D eigenvalue weighted by molar-refractivity contribution is 0.198. The van der Waals surface area contributed by atoms with Crippen molar-refractivity contribution in [2.24, 2.45) is 0 Å². The molecule has 1 aromatic heterocycles. The first kappa shape index (κ1) is 14.6. The Kier molecular flexibility index (Phi) is 7.44. The van der Waals surface area contributed by atoms with Gasteiger partial charge in [-0.1, -0.05) is 6.07 Å². The Morgan fingerprint density at radius 1 is 1.47 bits per heavy atom. The standard InChI is InChI=1S/C13H24N2OS/c1-12(13-6-4-11-17-13)15(2)9-5-7-14-8-10-16-3/h4,6,11-12,14H,5,7-10H2,1-3H3. The van der Waals surface area contributed by atoms with Gasteiger partial charge in [-0.2, -0.15) is 0 Å². The van der Waals surface area contributed by atoms with E-state index < -0.39 is 0 Å². The average molecular weight is 256 g/mol. The van der Waals surface area contributed by atoms with Crippen LogP contribution in [0.15, 0.2) is 17.5 Å². The van der Waals surface area contributed by atoms with Gasteiger partial charge in [-0.3, -0.25) is 4.90 Å².